The predicted molar refractivity (Wildman–Crippen MR) is 101 cm³/mol. The van der Waals surface area contributed by atoms with E-state index in [1.165, 1.54) is 24.3 Å². The molecule has 26 heavy (non-hydrogen) atoms. The summed E-state index contributed by atoms with van der Waals surface area (Å²) >= 11 is 5.81. The van der Waals surface area contributed by atoms with Crippen molar-refractivity contribution in [1.82, 2.24) is 19.5 Å². The van der Waals surface area contributed by atoms with Crippen LogP contribution in [0.25, 0.3) is 0 Å². The molecule has 2 aromatic rings. The second-order valence-electron chi connectivity index (χ2n) is 5.66. The molecule has 7 nitrogen and oxygen atoms in total. The number of nitrogens with one attached hydrogen (secondary N) is 1. The van der Waals surface area contributed by atoms with E-state index in [1.807, 2.05) is 13.0 Å². The molecule has 0 unspecified atom stereocenters. The van der Waals surface area contributed by atoms with Crippen molar-refractivity contribution in [2.24, 2.45) is 0 Å². The van der Waals surface area contributed by atoms with Gasteiger partial charge in [0, 0.05) is 11.6 Å². The highest BCUT2D eigenvalue weighted by Crippen LogP contribution is 2.20. The maximum atomic E-state index is 12.5. The first-order valence-corrected chi connectivity index (χ1v) is 10.2. The Balaban J connectivity index is 2.13. The van der Waals surface area contributed by atoms with E-state index in [0.717, 1.165) is 12.8 Å². The molecule has 9 heteroatoms. The van der Waals surface area contributed by atoms with Crippen LogP contribution in [0.2, 0.25) is 5.02 Å². The van der Waals surface area contributed by atoms with E-state index in [4.69, 9.17) is 16.3 Å². The lowest BCUT2D eigenvalue weighted by molar-refractivity contribution is 0.272. The van der Waals surface area contributed by atoms with Crippen molar-refractivity contribution >= 4 is 21.6 Å². The average Bonchev–Trinajstić information content (AvgIpc) is 3.01. The monoisotopic (exact) mass is 398 g/mol. The van der Waals surface area contributed by atoms with Gasteiger partial charge in [-0.3, -0.25) is 4.57 Å². The summed E-state index contributed by atoms with van der Waals surface area (Å²) in [7, 11) is -3.71. The molecule has 1 heterocycles. The van der Waals surface area contributed by atoms with Crippen molar-refractivity contribution in [3.8, 4) is 6.01 Å². The van der Waals surface area contributed by atoms with Crippen LogP contribution in [-0.2, 0) is 16.6 Å². The quantitative estimate of drug-likeness (QED) is 0.490. The largest absolute Gasteiger partial charge is 0.464 e. The molecule has 1 N–H and O–H groups in total. The number of hydrogen-bond donors (Lipinski definition) is 1. The van der Waals surface area contributed by atoms with Gasteiger partial charge in [-0.15, -0.1) is 11.7 Å². The second-order valence-corrected chi connectivity index (χ2v) is 7.81. The standard InChI is InChI=1S/C17H23ClN4O3S/c1-4-6-7-12-25-17-20-19-16(22(17)5-2)13(3)21-26(23,24)15-10-8-14(18)9-11-15/h4,8-11,13,21H,1,5-7,12H2,2-3H3/t13-/m1/s1. The number of rotatable bonds is 10. The molecule has 0 bridgehead atoms. The normalized spacial score (nSPS) is 12.7. The lowest BCUT2D eigenvalue weighted by Gasteiger charge is -2.15. The van der Waals surface area contributed by atoms with Crippen molar-refractivity contribution in [3.05, 3.63) is 47.8 Å². The molecule has 0 aliphatic carbocycles. The van der Waals surface area contributed by atoms with E-state index < -0.39 is 16.1 Å². The van der Waals surface area contributed by atoms with Gasteiger partial charge in [0.15, 0.2) is 5.82 Å². The number of unbranched alkanes of at least 4 members (excludes halogenated alkanes) is 1. The van der Waals surface area contributed by atoms with Crippen molar-refractivity contribution in [2.45, 2.75) is 44.2 Å². The average molecular weight is 399 g/mol. The van der Waals surface area contributed by atoms with Crippen LogP contribution in [0.5, 0.6) is 6.01 Å². The molecule has 1 atom stereocenters. The number of allylic oxidation sites excluding steroid dienone is 1. The number of ether oxygens (including phenoxy) is 1. The van der Waals surface area contributed by atoms with Gasteiger partial charge in [0.1, 0.15) is 0 Å². The van der Waals surface area contributed by atoms with E-state index in [-0.39, 0.29) is 4.90 Å². The molecule has 1 aromatic heterocycles. The fraction of sp³-hybridized carbons (Fsp3) is 0.412. The van der Waals surface area contributed by atoms with E-state index in [0.29, 0.717) is 30.0 Å². The fourth-order valence-corrected chi connectivity index (χ4v) is 3.71. The third kappa shape index (κ3) is 5.06. The van der Waals surface area contributed by atoms with Gasteiger partial charge in [0.25, 0.3) is 0 Å². The van der Waals surface area contributed by atoms with Crippen LogP contribution in [-0.4, -0.2) is 29.8 Å². The van der Waals surface area contributed by atoms with Crippen LogP contribution in [0, 0.1) is 0 Å². The molecular weight excluding hydrogens is 376 g/mol. The minimum atomic E-state index is -3.71. The molecule has 0 amide bonds. The maximum Gasteiger partial charge on any atom is 0.316 e. The smallest absolute Gasteiger partial charge is 0.316 e. The third-order valence-electron chi connectivity index (χ3n) is 3.69. The summed E-state index contributed by atoms with van der Waals surface area (Å²) in [5.41, 5.74) is 0. The second kappa shape index (κ2) is 9.16. The molecular formula is C17H23ClN4O3S. The van der Waals surface area contributed by atoms with Gasteiger partial charge in [0.2, 0.25) is 10.0 Å². The predicted octanol–water partition coefficient (Wildman–Crippen LogP) is 3.34. The van der Waals surface area contributed by atoms with Crippen LogP contribution in [0.15, 0.2) is 41.8 Å². The zero-order valence-electron chi connectivity index (χ0n) is 14.9. The molecule has 0 radical (unpaired) electrons. The Morgan fingerprint density at radius 2 is 2.04 bits per heavy atom. The first kappa shape index (κ1) is 20.4. The van der Waals surface area contributed by atoms with Crippen LogP contribution in [0.1, 0.15) is 38.6 Å². The van der Waals surface area contributed by atoms with Crippen LogP contribution < -0.4 is 9.46 Å². The number of hydrogen-bond acceptors (Lipinski definition) is 5. The zero-order valence-corrected chi connectivity index (χ0v) is 16.4. The first-order chi connectivity index (χ1) is 12.4. The summed E-state index contributed by atoms with van der Waals surface area (Å²) in [4.78, 5) is 0.136. The summed E-state index contributed by atoms with van der Waals surface area (Å²) in [6, 6.07) is 5.78. The molecule has 0 saturated carbocycles. The minimum absolute atomic E-state index is 0.136. The van der Waals surface area contributed by atoms with Gasteiger partial charge >= 0.3 is 6.01 Å². The Morgan fingerprint density at radius 1 is 1.35 bits per heavy atom. The molecule has 0 fully saturated rings. The highest BCUT2D eigenvalue weighted by molar-refractivity contribution is 7.89. The maximum absolute atomic E-state index is 12.5. The van der Waals surface area contributed by atoms with Gasteiger partial charge in [-0.25, -0.2) is 13.1 Å². The fourth-order valence-electron chi connectivity index (χ4n) is 2.38. The Bertz CT molecular complexity index is 834. The lowest BCUT2D eigenvalue weighted by atomic mass is 10.3. The van der Waals surface area contributed by atoms with Gasteiger partial charge in [-0.2, -0.15) is 0 Å². The van der Waals surface area contributed by atoms with Gasteiger partial charge < -0.3 is 4.74 Å². The van der Waals surface area contributed by atoms with Crippen LogP contribution in [0.4, 0.5) is 0 Å². The lowest BCUT2D eigenvalue weighted by Crippen LogP contribution is -2.29. The van der Waals surface area contributed by atoms with Crippen LogP contribution in [0.3, 0.4) is 0 Å². The number of benzene rings is 1. The number of sulfonamides is 1. The van der Waals surface area contributed by atoms with Gasteiger partial charge in [0.05, 0.1) is 17.5 Å². The number of halogens is 1. The third-order valence-corrected chi connectivity index (χ3v) is 5.50. The molecule has 0 saturated heterocycles. The Hall–Kier alpha value is -1.90. The van der Waals surface area contributed by atoms with E-state index >= 15 is 0 Å². The summed E-state index contributed by atoms with van der Waals surface area (Å²) in [5.74, 6) is 0.490. The van der Waals surface area contributed by atoms with Crippen molar-refractivity contribution in [1.29, 1.82) is 0 Å². The van der Waals surface area contributed by atoms with Crippen molar-refractivity contribution < 1.29 is 13.2 Å². The molecule has 2 rings (SSSR count). The zero-order chi connectivity index (χ0) is 19.2. The SMILES string of the molecule is C=CCCCOc1nnc([C@@H](C)NS(=O)(=O)c2ccc(Cl)cc2)n1CC. The number of aromatic nitrogens is 3. The van der Waals surface area contributed by atoms with E-state index in [2.05, 4.69) is 21.5 Å². The molecule has 1 aromatic carbocycles. The van der Waals surface area contributed by atoms with Gasteiger partial charge in [-0.05, 0) is 51.0 Å². The number of nitrogens with zero attached hydrogens (tertiary/aromatic N) is 3. The van der Waals surface area contributed by atoms with Crippen molar-refractivity contribution in [3.63, 3.8) is 0 Å². The van der Waals surface area contributed by atoms with Crippen LogP contribution >= 0.6 is 11.6 Å². The molecule has 0 aliphatic heterocycles. The van der Waals surface area contributed by atoms with E-state index in [9.17, 15) is 8.42 Å². The Labute approximate surface area is 159 Å². The van der Waals surface area contributed by atoms with Gasteiger partial charge in [-0.1, -0.05) is 22.8 Å². The highest BCUT2D eigenvalue weighted by atomic mass is 35.5. The molecule has 142 valence electrons. The molecule has 0 aliphatic rings. The minimum Gasteiger partial charge on any atom is -0.464 e. The Morgan fingerprint density at radius 3 is 2.65 bits per heavy atom. The summed E-state index contributed by atoms with van der Waals surface area (Å²) in [6.07, 6.45) is 3.51. The summed E-state index contributed by atoms with van der Waals surface area (Å²) < 4.78 is 35.1. The first-order valence-electron chi connectivity index (χ1n) is 8.33. The van der Waals surface area contributed by atoms with Crippen molar-refractivity contribution in [2.75, 3.05) is 6.61 Å². The van der Waals surface area contributed by atoms with E-state index in [1.54, 1.807) is 11.5 Å². The topological polar surface area (TPSA) is 86.1 Å². The summed E-state index contributed by atoms with van der Waals surface area (Å²) in [6.45, 7) is 8.36. The summed E-state index contributed by atoms with van der Waals surface area (Å²) in [5, 5.41) is 8.60. The Kier molecular flexibility index (Phi) is 7.19. The highest BCUT2D eigenvalue weighted by Gasteiger charge is 2.23. The molecule has 0 spiro atoms.